The third kappa shape index (κ3) is 5.65. The van der Waals surface area contributed by atoms with E-state index in [1.54, 1.807) is 0 Å². The van der Waals surface area contributed by atoms with Crippen molar-refractivity contribution in [2.45, 2.75) is 44.9 Å². The monoisotopic (exact) mass is 248 g/mol. The minimum atomic E-state index is 0.207. The van der Waals surface area contributed by atoms with Crippen molar-refractivity contribution in [3.8, 4) is 0 Å². The number of rotatable bonds is 9. The number of benzene rings is 1. The zero-order valence-corrected chi connectivity index (χ0v) is 11.9. The van der Waals surface area contributed by atoms with Crippen LogP contribution in [0.4, 0.5) is 0 Å². The Kier molecular flexibility index (Phi) is 6.99. The molecule has 0 saturated heterocycles. The molecule has 18 heavy (non-hydrogen) atoms. The Morgan fingerprint density at radius 3 is 2.33 bits per heavy atom. The second-order valence-corrected chi connectivity index (χ2v) is 5.63. The summed E-state index contributed by atoms with van der Waals surface area (Å²) in [6.45, 7) is 7.57. The van der Waals surface area contributed by atoms with Crippen LogP contribution >= 0.6 is 0 Å². The van der Waals surface area contributed by atoms with Gasteiger partial charge in [0.2, 0.25) is 0 Å². The van der Waals surface area contributed by atoms with Crippen molar-refractivity contribution in [1.82, 2.24) is 5.32 Å². The molecular weight excluding hydrogens is 220 g/mol. The Hall–Kier alpha value is -0.860. The first-order valence-electron chi connectivity index (χ1n) is 7.13. The predicted molar refractivity (Wildman–Crippen MR) is 79.9 cm³/mol. The molecule has 0 saturated carbocycles. The molecule has 1 rings (SSSR count). The minimum absolute atomic E-state index is 0.207. The van der Waals surface area contributed by atoms with E-state index >= 15 is 0 Å². The number of nitrogens with one attached hydrogen (secondary N) is 1. The van der Waals surface area contributed by atoms with E-state index in [1.165, 1.54) is 24.8 Å². The average Bonchev–Trinajstić information content (AvgIpc) is 2.39. The van der Waals surface area contributed by atoms with Gasteiger partial charge in [0.05, 0.1) is 0 Å². The second-order valence-electron chi connectivity index (χ2n) is 5.63. The van der Waals surface area contributed by atoms with E-state index < -0.39 is 0 Å². The third-order valence-electron chi connectivity index (χ3n) is 3.43. The molecule has 0 heterocycles. The highest BCUT2D eigenvalue weighted by atomic mass is 14.9. The Morgan fingerprint density at radius 2 is 1.67 bits per heavy atom. The maximum Gasteiger partial charge on any atom is 0.00431 e. The summed E-state index contributed by atoms with van der Waals surface area (Å²) in [7, 11) is 0. The highest BCUT2D eigenvalue weighted by molar-refractivity contribution is 5.23. The fourth-order valence-corrected chi connectivity index (χ4v) is 2.14. The van der Waals surface area contributed by atoms with Crippen molar-refractivity contribution in [1.29, 1.82) is 0 Å². The molecule has 1 aromatic carbocycles. The normalized spacial score (nSPS) is 11.7. The summed E-state index contributed by atoms with van der Waals surface area (Å²) in [6, 6.07) is 10.7. The zero-order valence-electron chi connectivity index (χ0n) is 11.9. The van der Waals surface area contributed by atoms with Gasteiger partial charge in [0.15, 0.2) is 0 Å². The van der Waals surface area contributed by atoms with E-state index in [2.05, 4.69) is 49.5 Å². The zero-order chi connectivity index (χ0) is 13.3. The third-order valence-corrected chi connectivity index (χ3v) is 3.43. The molecule has 0 radical (unpaired) electrons. The van der Waals surface area contributed by atoms with Gasteiger partial charge in [-0.1, -0.05) is 57.0 Å². The van der Waals surface area contributed by atoms with Gasteiger partial charge in [-0.3, -0.25) is 0 Å². The van der Waals surface area contributed by atoms with Crippen LogP contribution in [-0.4, -0.2) is 19.6 Å². The largest absolute Gasteiger partial charge is 0.330 e. The highest BCUT2D eigenvalue weighted by Gasteiger charge is 2.19. The van der Waals surface area contributed by atoms with Crippen molar-refractivity contribution in [2.24, 2.45) is 5.73 Å². The van der Waals surface area contributed by atoms with Crippen LogP contribution in [0.1, 0.15) is 45.1 Å². The molecule has 0 aliphatic rings. The first kappa shape index (κ1) is 15.2. The molecular formula is C16H28N2. The van der Waals surface area contributed by atoms with E-state index in [4.69, 9.17) is 5.73 Å². The number of unbranched alkanes of at least 4 members (excludes halogenated alkanes) is 3. The van der Waals surface area contributed by atoms with Gasteiger partial charge < -0.3 is 11.1 Å². The van der Waals surface area contributed by atoms with Crippen LogP contribution in [0.15, 0.2) is 30.3 Å². The molecule has 0 bridgehead atoms. The van der Waals surface area contributed by atoms with Crippen LogP contribution in [0, 0.1) is 0 Å². The Bertz CT molecular complexity index is 306. The minimum Gasteiger partial charge on any atom is -0.330 e. The smallest absolute Gasteiger partial charge is 0.00431 e. The van der Waals surface area contributed by atoms with Gasteiger partial charge in [-0.25, -0.2) is 0 Å². The summed E-state index contributed by atoms with van der Waals surface area (Å²) >= 11 is 0. The lowest BCUT2D eigenvalue weighted by Crippen LogP contribution is -2.33. The lowest BCUT2D eigenvalue weighted by atomic mass is 9.84. The molecule has 0 atom stereocenters. The molecule has 102 valence electrons. The van der Waals surface area contributed by atoms with Crippen molar-refractivity contribution in [3.05, 3.63) is 35.9 Å². The van der Waals surface area contributed by atoms with E-state index in [0.717, 1.165) is 26.1 Å². The summed E-state index contributed by atoms with van der Waals surface area (Å²) in [6.07, 6.45) is 4.97. The summed E-state index contributed by atoms with van der Waals surface area (Å²) in [5.74, 6) is 0. The van der Waals surface area contributed by atoms with E-state index in [-0.39, 0.29) is 5.41 Å². The van der Waals surface area contributed by atoms with Gasteiger partial charge in [-0.15, -0.1) is 0 Å². The molecule has 0 amide bonds. The number of hydrogen-bond donors (Lipinski definition) is 2. The van der Waals surface area contributed by atoms with Gasteiger partial charge in [-0.05, 0) is 31.5 Å². The van der Waals surface area contributed by atoms with Crippen LogP contribution < -0.4 is 11.1 Å². The number of hydrogen-bond acceptors (Lipinski definition) is 2. The van der Waals surface area contributed by atoms with Gasteiger partial charge in [0.25, 0.3) is 0 Å². The molecule has 2 nitrogen and oxygen atoms in total. The van der Waals surface area contributed by atoms with Crippen LogP contribution in [0.5, 0.6) is 0 Å². The van der Waals surface area contributed by atoms with Crippen molar-refractivity contribution in [2.75, 3.05) is 19.6 Å². The lowest BCUT2D eigenvalue weighted by molar-refractivity contribution is 0.461. The summed E-state index contributed by atoms with van der Waals surface area (Å²) in [5.41, 5.74) is 7.09. The first-order chi connectivity index (χ1) is 8.67. The van der Waals surface area contributed by atoms with Gasteiger partial charge in [-0.2, -0.15) is 0 Å². The SMILES string of the molecule is CC(C)(CNCCCCCCN)c1ccccc1. The summed E-state index contributed by atoms with van der Waals surface area (Å²) in [4.78, 5) is 0. The molecule has 0 unspecified atom stereocenters. The Morgan fingerprint density at radius 1 is 1.00 bits per heavy atom. The maximum absolute atomic E-state index is 5.48. The molecule has 0 spiro atoms. The predicted octanol–water partition coefficient (Wildman–Crippen LogP) is 3.07. The van der Waals surface area contributed by atoms with E-state index in [1.807, 2.05) is 0 Å². The van der Waals surface area contributed by atoms with Gasteiger partial charge >= 0.3 is 0 Å². The maximum atomic E-state index is 5.48. The fraction of sp³-hybridized carbons (Fsp3) is 0.625. The molecule has 2 heteroatoms. The molecule has 0 aliphatic heterocycles. The lowest BCUT2D eigenvalue weighted by Gasteiger charge is -2.25. The second kappa shape index (κ2) is 8.28. The van der Waals surface area contributed by atoms with E-state index in [9.17, 15) is 0 Å². The van der Waals surface area contributed by atoms with Crippen LogP contribution in [0.25, 0.3) is 0 Å². The standard InChI is InChI=1S/C16H28N2/c1-16(2,15-10-6-5-7-11-15)14-18-13-9-4-3-8-12-17/h5-7,10-11,18H,3-4,8-9,12-14,17H2,1-2H3. The topological polar surface area (TPSA) is 38.0 Å². The summed E-state index contributed by atoms with van der Waals surface area (Å²) < 4.78 is 0. The highest BCUT2D eigenvalue weighted by Crippen LogP contribution is 2.21. The molecule has 0 aromatic heterocycles. The van der Waals surface area contributed by atoms with Crippen LogP contribution in [0.2, 0.25) is 0 Å². The molecule has 1 aromatic rings. The van der Waals surface area contributed by atoms with Gasteiger partial charge in [0.1, 0.15) is 0 Å². The molecule has 3 N–H and O–H groups in total. The van der Waals surface area contributed by atoms with E-state index in [0.29, 0.717) is 0 Å². The van der Waals surface area contributed by atoms with Crippen molar-refractivity contribution in [3.63, 3.8) is 0 Å². The van der Waals surface area contributed by atoms with Crippen LogP contribution in [-0.2, 0) is 5.41 Å². The van der Waals surface area contributed by atoms with Gasteiger partial charge in [0, 0.05) is 12.0 Å². The van der Waals surface area contributed by atoms with Crippen molar-refractivity contribution >= 4 is 0 Å². The number of nitrogens with two attached hydrogens (primary N) is 1. The Balaban J connectivity index is 2.18. The fourth-order valence-electron chi connectivity index (χ4n) is 2.14. The first-order valence-corrected chi connectivity index (χ1v) is 7.13. The molecule has 0 aliphatic carbocycles. The summed E-state index contributed by atoms with van der Waals surface area (Å²) in [5, 5.41) is 3.57. The Labute approximate surface area is 112 Å². The quantitative estimate of drug-likeness (QED) is 0.659. The average molecular weight is 248 g/mol. The van der Waals surface area contributed by atoms with Crippen molar-refractivity contribution < 1.29 is 0 Å². The molecule has 0 fully saturated rings. The van der Waals surface area contributed by atoms with Crippen LogP contribution in [0.3, 0.4) is 0 Å².